The van der Waals surface area contributed by atoms with E-state index in [0.717, 1.165) is 16.5 Å². The standard InChI is InChI=1S/C26H20N6O3/c33-24(16-8-2-1-3-9-16)29-23(22-19-11-4-5-12-20(19)25(34)32-30-22)26(35)31-28-15-17-14-27-21-13-7-6-10-18(17)21/h1-15,23,27H,(H,29,33)(H,31,35)(H,32,34)/t23-/m1/s1. The molecule has 9 nitrogen and oxygen atoms in total. The number of nitrogens with zero attached hydrogens (tertiary/aromatic N) is 2. The Bertz CT molecular complexity index is 1620. The van der Waals surface area contributed by atoms with Crippen LogP contribution in [0.2, 0.25) is 0 Å². The minimum absolute atomic E-state index is 0.198. The van der Waals surface area contributed by atoms with Crippen LogP contribution in [0.1, 0.15) is 27.7 Å². The van der Waals surface area contributed by atoms with Crippen molar-refractivity contribution in [1.82, 2.24) is 25.9 Å². The van der Waals surface area contributed by atoms with Crippen LogP contribution in [0, 0.1) is 0 Å². The van der Waals surface area contributed by atoms with E-state index in [0.29, 0.717) is 16.3 Å². The number of aromatic nitrogens is 3. The third-order valence-corrected chi connectivity index (χ3v) is 5.57. The normalized spacial score (nSPS) is 12.1. The van der Waals surface area contributed by atoms with Crippen molar-refractivity contribution in [3.8, 4) is 0 Å². The van der Waals surface area contributed by atoms with Crippen LogP contribution in [0.15, 0.2) is 95.0 Å². The molecule has 0 saturated heterocycles. The number of aromatic amines is 2. The number of nitrogens with one attached hydrogen (secondary N) is 4. The van der Waals surface area contributed by atoms with Gasteiger partial charge in [-0.1, -0.05) is 54.6 Å². The Labute approximate surface area is 198 Å². The highest BCUT2D eigenvalue weighted by atomic mass is 16.2. The summed E-state index contributed by atoms with van der Waals surface area (Å²) in [6.45, 7) is 0. The number of benzene rings is 3. The van der Waals surface area contributed by atoms with Gasteiger partial charge in [0.1, 0.15) is 5.69 Å². The van der Waals surface area contributed by atoms with Crippen LogP contribution in [0.4, 0.5) is 0 Å². The molecule has 0 aliphatic heterocycles. The summed E-state index contributed by atoms with van der Waals surface area (Å²) < 4.78 is 0. The van der Waals surface area contributed by atoms with Gasteiger partial charge in [-0.3, -0.25) is 14.4 Å². The Morgan fingerprint density at radius 3 is 2.37 bits per heavy atom. The Morgan fingerprint density at radius 2 is 1.57 bits per heavy atom. The van der Waals surface area contributed by atoms with E-state index in [2.05, 4.69) is 31.0 Å². The molecular weight excluding hydrogens is 444 g/mol. The zero-order chi connectivity index (χ0) is 24.2. The van der Waals surface area contributed by atoms with Crippen LogP contribution >= 0.6 is 0 Å². The van der Waals surface area contributed by atoms with Crippen LogP contribution in [0.25, 0.3) is 21.7 Å². The molecule has 0 radical (unpaired) electrons. The average Bonchev–Trinajstić information content (AvgIpc) is 3.31. The molecule has 35 heavy (non-hydrogen) atoms. The predicted molar refractivity (Wildman–Crippen MR) is 133 cm³/mol. The summed E-state index contributed by atoms with van der Waals surface area (Å²) in [4.78, 5) is 41.5. The number of fused-ring (bicyclic) bond motifs is 2. The minimum atomic E-state index is -1.22. The molecule has 0 saturated carbocycles. The molecule has 0 bridgehead atoms. The molecule has 0 aliphatic rings. The van der Waals surface area contributed by atoms with E-state index in [1.807, 2.05) is 24.3 Å². The molecule has 0 unspecified atom stereocenters. The second-order valence-electron chi connectivity index (χ2n) is 7.78. The SMILES string of the molecule is O=C(N[C@@H](C(=O)NN=Cc1c[nH]c2ccccc12)c1n[nH]c(=O)c2ccccc12)c1ccccc1. The summed E-state index contributed by atoms with van der Waals surface area (Å²) in [5.41, 5.74) is 4.40. The summed E-state index contributed by atoms with van der Waals surface area (Å²) in [6.07, 6.45) is 3.30. The number of hydrogen-bond acceptors (Lipinski definition) is 5. The molecule has 2 aromatic heterocycles. The smallest absolute Gasteiger partial charge is 0.272 e. The maximum Gasteiger partial charge on any atom is 0.272 e. The number of hydrogen-bond donors (Lipinski definition) is 4. The first-order valence-corrected chi connectivity index (χ1v) is 10.8. The number of hydrazone groups is 1. The van der Waals surface area contributed by atoms with Gasteiger partial charge in [0.15, 0.2) is 6.04 Å². The Balaban J connectivity index is 1.47. The first-order chi connectivity index (χ1) is 17.1. The molecule has 0 aliphatic carbocycles. The fourth-order valence-corrected chi connectivity index (χ4v) is 3.85. The fraction of sp³-hybridized carbons (Fsp3) is 0.0385. The molecule has 9 heteroatoms. The topological polar surface area (TPSA) is 132 Å². The van der Waals surface area contributed by atoms with Gasteiger partial charge in [-0.15, -0.1) is 0 Å². The zero-order valence-corrected chi connectivity index (χ0v) is 18.4. The monoisotopic (exact) mass is 464 g/mol. The van der Waals surface area contributed by atoms with E-state index in [4.69, 9.17) is 0 Å². The zero-order valence-electron chi connectivity index (χ0n) is 18.4. The molecule has 5 rings (SSSR count). The van der Waals surface area contributed by atoms with Crippen molar-refractivity contribution < 1.29 is 9.59 Å². The molecule has 2 heterocycles. The van der Waals surface area contributed by atoms with Gasteiger partial charge in [0, 0.05) is 33.6 Å². The summed E-state index contributed by atoms with van der Waals surface area (Å²) in [5.74, 6) is -1.08. The lowest BCUT2D eigenvalue weighted by molar-refractivity contribution is -0.123. The van der Waals surface area contributed by atoms with Gasteiger partial charge in [-0.2, -0.15) is 10.2 Å². The van der Waals surface area contributed by atoms with Gasteiger partial charge in [0.25, 0.3) is 17.4 Å². The average molecular weight is 464 g/mol. The largest absolute Gasteiger partial charge is 0.361 e. The lowest BCUT2D eigenvalue weighted by Gasteiger charge is -2.18. The number of para-hydroxylation sites is 1. The second kappa shape index (κ2) is 9.44. The number of rotatable bonds is 6. The highest BCUT2D eigenvalue weighted by molar-refractivity contribution is 6.01. The third-order valence-electron chi connectivity index (χ3n) is 5.57. The quantitative estimate of drug-likeness (QED) is 0.227. The van der Waals surface area contributed by atoms with Crippen molar-refractivity contribution in [1.29, 1.82) is 0 Å². The van der Waals surface area contributed by atoms with Crippen molar-refractivity contribution in [2.45, 2.75) is 6.04 Å². The lowest BCUT2D eigenvalue weighted by Crippen LogP contribution is -2.40. The van der Waals surface area contributed by atoms with Gasteiger partial charge in [-0.25, -0.2) is 10.5 Å². The molecular formula is C26H20N6O3. The fourth-order valence-electron chi connectivity index (χ4n) is 3.85. The van der Waals surface area contributed by atoms with E-state index >= 15 is 0 Å². The Morgan fingerprint density at radius 1 is 0.886 bits per heavy atom. The van der Waals surface area contributed by atoms with Crippen LogP contribution in [-0.4, -0.2) is 33.2 Å². The van der Waals surface area contributed by atoms with Gasteiger partial charge in [0.05, 0.1) is 11.6 Å². The summed E-state index contributed by atoms with van der Waals surface area (Å²) in [6, 6.07) is 21.8. The molecule has 3 aromatic carbocycles. The highest BCUT2D eigenvalue weighted by Gasteiger charge is 2.27. The second-order valence-corrected chi connectivity index (χ2v) is 7.78. The van der Waals surface area contributed by atoms with E-state index in [-0.39, 0.29) is 5.69 Å². The molecule has 172 valence electrons. The van der Waals surface area contributed by atoms with Gasteiger partial charge < -0.3 is 10.3 Å². The van der Waals surface area contributed by atoms with Crippen LogP contribution in [0.3, 0.4) is 0 Å². The maximum atomic E-state index is 13.3. The number of carbonyl (C=O) groups is 2. The summed E-state index contributed by atoms with van der Waals surface area (Å²) in [5, 5.41) is 15.1. The molecule has 0 spiro atoms. The lowest BCUT2D eigenvalue weighted by atomic mass is 10.0. The van der Waals surface area contributed by atoms with Crippen molar-refractivity contribution >= 4 is 39.7 Å². The number of amides is 2. The molecule has 4 N–H and O–H groups in total. The van der Waals surface area contributed by atoms with Gasteiger partial charge in [0.2, 0.25) is 0 Å². The first kappa shape index (κ1) is 21.8. The third kappa shape index (κ3) is 4.42. The van der Waals surface area contributed by atoms with Crippen LogP contribution < -0.4 is 16.3 Å². The van der Waals surface area contributed by atoms with Crippen molar-refractivity contribution in [2.75, 3.05) is 0 Å². The first-order valence-electron chi connectivity index (χ1n) is 10.8. The summed E-state index contributed by atoms with van der Waals surface area (Å²) in [7, 11) is 0. The van der Waals surface area contributed by atoms with E-state index < -0.39 is 23.4 Å². The van der Waals surface area contributed by atoms with Crippen LogP contribution in [-0.2, 0) is 4.79 Å². The van der Waals surface area contributed by atoms with Gasteiger partial charge in [-0.05, 0) is 24.3 Å². The minimum Gasteiger partial charge on any atom is -0.361 e. The van der Waals surface area contributed by atoms with Crippen molar-refractivity contribution in [2.24, 2.45) is 5.10 Å². The van der Waals surface area contributed by atoms with E-state index in [1.54, 1.807) is 60.8 Å². The Kier molecular flexibility index (Phi) is 5.87. The molecule has 0 fully saturated rings. The molecule has 5 aromatic rings. The highest BCUT2D eigenvalue weighted by Crippen LogP contribution is 2.21. The molecule has 2 amide bonds. The van der Waals surface area contributed by atoms with E-state index in [1.165, 1.54) is 6.21 Å². The summed E-state index contributed by atoms with van der Waals surface area (Å²) >= 11 is 0. The molecule has 1 atom stereocenters. The van der Waals surface area contributed by atoms with E-state index in [9.17, 15) is 14.4 Å². The number of H-pyrrole nitrogens is 2. The van der Waals surface area contributed by atoms with Gasteiger partial charge >= 0.3 is 0 Å². The maximum absolute atomic E-state index is 13.3. The van der Waals surface area contributed by atoms with Crippen molar-refractivity contribution in [3.63, 3.8) is 0 Å². The van der Waals surface area contributed by atoms with Crippen LogP contribution in [0.5, 0.6) is 0 Å². The van der Waals surface area contributed by atoms with Crippen molar-refractivity contribution in [3.05, 3.63) is 112 Å². The Hall–Kier alpha value is -5.05. The predicted octanol–water partition coefficient (Wildman–Crippen LogP) is 3.03. The number of carbonyl (C=O) groups excluding carboxylic acids is 2.